The number of ether oxygens (including phenoxy) is 1. The minimum atomic E-state index is -1.37. The molecule has 0 spiro atoms. The van der Waals surface area contributed by atoms with Crippen molar-refractivity contribution in [2.75, 3.05) is 26.1 Å². The van der Waals surface area contributed by atoms with E-state index in [1.807, 2.05) is 31.1 Å². The molecule has 144 valence electrons. The number of hydrogen-bond acceptors (Lipinski definition) is 4. The molecule has 0 aliphatic rings. The topological polar surface area (TPSA) is 71.8 Å². The number of carboxylic acid groups (broad SMARTS) is 1. The molecule has 28 heavy (non-hydrogen) atoms. The normalized spacial score (nSPS) is 10.6. The first-order chi connectivity index (χ1) is 13.3. The first-order valence-electron chi connectivity index (χ1n) is 8.43. The second-order valence-electron chi connectivity index (χ2n) is 6.37. The van der Waals surface area contributed by atoms with E-state index < -0.39 is 22.8 Å². The molecule has 0 aliphatic carbocycles. The zero-order valence-corrected chi connectivity index (χ0v) is 15.6. The molecule has 0 bridgehead atoms. The van der Waals surface area contributed by atoms with Crippen LogP contribution in [0.2, 0.25) is 0 Å². The summed E-state index contributed by atoms with van der Waals surface area (Å²) < 4.78 is 21.1. The molecule has 0 radical (unpaired) electrons. The van der Waals surface area contributed by atoms with E-state index in [1.54, 1.807) is 18.2 Å². The summed E-state index contributed by atoms with van der Waals surface area (Å²) in [6.07, 6.45) is 1.14. The van der Waals surface area contributed by atoms with Crippen LogP contribution in [0.3, 0.4) is 0 Å². The molecule has 6 nitrogen and oxygen atoms in total. The highest BCUT2D eigenvalue weighted by Gasteiger charge is 2.17. The summed E-state index contributed by atoms with van der Waals surface area (Å²) in [4.78, 5) is 25.6. The Morgan fingerprint density at radius 2 is 1.79 bits per heavy atom. The predicted octanol–water partition coefficient (Wildman–Crippen LogP) is 3.42. The molecule has 3 aromatic rings. The van der Waals surface area contributed by atoms with Gasteiger partial charge in [-0.2, -0.15) is 0 Å². The standard InChI is InChI=1S/C21H19FN2O4/c1-23(2)14-6-4-13(5-7-14)19-11-20(25)16(21(26)27)12-24(19)18-9-8-15(28-3)10-17(18)22/h4-12H,1-3H3,(H,26,27). The van der Waals surface area contributed by atoms with Gasteiger partial charge in [0.1, 0.15) is 11.3 Å². The van der Waals surface area contributed by atoms with Gasteiger partial charge in [-0.1, -0.05) is 12.1 Å². The molecule has 1 N–H and O–H groups in total. The highest BCUT2D eigenvalue weighted by Crippen LogP contribution is 2.27. The quantitative estimate of drug-likeness (QED) is 0.732. The molecule has 0 fully saturated rings. The zero-order valence-electron chi connectivity index (χ0n) is 15.6. The Balaban J connectivity index is 2.26. The van der Waals surface area contributed by atoms with E-state index in [0.29, 0.717) is 17.0 Å². The lowest BCUT2D eigenvalue weighted by Crippen LogP contribution is -2.18. The highest BCUT2D eigenvalue weighted by atomic mass is 19.1. The number of benzene rings is 2. The molecule has 0 amide bonds. The van der Waals surface area contributed by atoms with Crippen molar-refractivity contribution in [2.24, 2.45) is 0 Å². The van der Waals surface area contributed by atoms with Crippen molar-refractivity contribution >= 4 is 11.7 Å². The van der Waals surface area contributed by atoms with Crippen LogP contribution in [0.4, 0.5) is 10.1 Å². The van der Waals surface area contributed by atoms with Crippen molar-refractivity contribution in [3.05, 3.63) is 76.3 Å². The smallest absolute Gasteiger partial charge is 0.341 e. The van der Waals surface area contributed by atoms with Crippen LogP contribution in [0.15, 0.2) is 59.5 Å². The molecule has 0 unspecified atom stereocenters. The minimum absolute atomic E-state index is 0.106. The summed E-state index contributed by atoms with van der Waals surface area (Å²) in [6, 6.07) is 12.8. The summed E-state index contributed by atoms with van der Waals surface area (Å²) in [5.74, 6) is -1.65. The molecule has 0 saturated carbocycles. The summed E-state index contributed by atoms with van der Waals surface area (Å²) in [6.45, 7) is 0. The highest BCUT2D eigenvalue weighted by molar-refractivity contribution is 5.88. The van der Waals surface area contributed by atoms with Gasteiger partial charge >= 0.3 is 5.97 Å². The van der Waals surface area contributed by atoms with Crippen LogP contribution in [-0.2, 0) is 0 Å². The van der Waals surface area contributed by atoms with Crippen LogP contribution in [-0.4, -0.2) is 36.8 Å². The first-order valence-corrected chi connectivity index (χ1v) is 8.43. The Morgan fingerprint density at radius 1 is 1.11 bits per heavy atom. The number of carbonyl (C=O) groups is 1. The number of aromatic carboxylic acids is 1. The van der Waals surface area contributed by atoms with E-state index in [0.717, 1.165) is 11.9 Å². The minimum Gasteiger partial charge on any atom is -0.497 e. The average molecular weight is 382 g/mol. The Kier molecular flexibility index (Phi) is 5.17. The number of carboxylic acids is 1. The molecule has 0 aliphatic heterocycles. The van der Waals surface area contributed by atoms with Gasteiger partial charge in [0.15, 0.2) is 11.2 Å². The monoisotopic (exact) mass is 382 g/mol. The second kappa shape index (κ2) is 7.56. The Bertz CT molecular complexity index is 1090. The number of rotatable bonds is 5. The van der Waals surface area contributed by atoms with Crippen molar-refractivity contribution in [1.82, 2.24) is 4.57 Å². The van der Waals surface area contributed by atoms with Gasteiger partial charge in [0.2, 0.25) is 0 Å². The van der Waals surface area contributed by atoms with Crippen LogP contribution in [0.1, 0.15) is 10.4 Å². The third-order valence-electron chi connectivity index (χ3n) is 4.38. The Hall–Kier alpha value is -3.61. The van der Waals surface area contributed by atoms with Gasteiger partial charge in [-0.05, 0) is 29.8 Å². The van der Waals surface area contributed by atoms with E-state index in [-0.39, 0.29) is 5.69 Å². The van der Waals surface area contributed by atoms with Crippen LogP contribution in [0.5, 0.6) is 5.75 Å². The van der Waals surface area contributed by atoms with Crippen LogP contribution in [0, 0.1) is 5.82 Å². The third-order valence-corrected chi connectivity index (χ3v) is 4.38. The fourth-order valence-corrected chi connectivity index (χ4v) is 2.86. The van der Waals surface area contributed by atoms with Gasteiger partial charge in [0, 0.05) is 38.1 Å². The zero-order chi connectivity index (χ0) is 20.4. The fourth-order valence-electron chi connectivity index (χ4n) is 2.86. The summed E-state index contributed by atoms with van der Waals surface area (Å²) >= 11 is 0. The summed E-state index contributed by atoms with van der Waals surface area (Å²) in [7, 11) is 5.23. The molecule has 3 rings (SSSR count). The van der Waals surface area contributed by atoms with Gasteiger partial charge in [-0.25, -0.2) is 9.18 Å². The van der Waals surface area contributed by atoms with Crippen LogP contribution >= 0.6 is 0 Å². The van der Waals surface area contributed by atoms with E-state index in [9.17, 15) is 19.1 Å². The lowest BCUT2D eigenvalue weighted by molar-refractivity contribution is 0.0695. The van der Waals surface area contributed by atoms with Crippen molar-refractivity contribution in [2.45, 2.75) is 0 Å². The van der Waals surface area contributed by atoms with E-state index in [2.05, 4.69) is 0 Å². The number of methoxy groups -OCH3 is 1. The van der Waals surface area contributed by atoms with Crippen molar-refractivity contribution in [3.8, 4) is 22.7 Å². The number of nitrogens with zero attached hydrogens (tertiary/aromatic N) is 2. The van der Waals surface area contributed by atoms with Gasteiger partial charge in [-0.15, -0.1) is 0 Å². The molecule has 2 aromatic carbocycles. The van der Waals surface area contributed by atoms with E-state index >= 15 is 0 Å². The fraction of sp³-hybridized carbons (Fsp3) is 0.143. The molecule has 1 aromatic heterocycles. The predicted molar refractivity (Wildman–Crippen MR) is 105 cm³/mol. The van der Waals surface area contributed by atoms with Crippen molar-refractivity contribution in [3.63, 3.8) is 0 Å². The maximum atomic E-state index is 14.7. The second-order valence-corrected chi connectivity index (χ2v) is 6.37. The lowest BCUT2D eigenvalue weighted by atomic mass is 10.1. The Morgan fingerprint density at radius 3 is 2.32 bits per heavy atom. The third kappa shape index (κ3) is 3.59. The molecule has 0 atom stereocenters. The number of aromatic nitrogens is 1. The first kappa shape index (κ1) is 19.2. The number of pyridine rings is 1. The molecule has 7 heteroatoms. The molecular formula is C21H19FN2O4. The maximum absolute atomic E-state index is 14.7. The molecule has 1 heterocycles. The van der Waals surface area contributed by atoms with Crippen molar-refractivity contribution < 1.29 is 19.0 Å². The van der Waals surface area contributed by atoms with E-state index in [4.69, 9.17) is 4.74 Å². The van der Waals surface area contributed by atoms with Crippen LogP contribution < -0.4 is 15.1 Å². The number of anilines is 1. The number of hydrogen-bond donors (Lipinski definition) is 1. The Labute approximate surface area is 161 Å². The van der Waals surface area contributed by atoms with Crippen LogP contribution in [0.25, 0.3) is 16.9 Å². The number of halogens is 1. The SMILES string of the molecule is COc1ccc(-n2cc(C(=O)O)c(=O)cc2-c2ccc(N(C)C)cc2)c(F)c1. The summed E-state index contributed by atoms with van der Waals surface area (Å²) in [5, 5.41) is 9.31. The van der Waals surface area contributed by atoms with Gasteiger partial charge in [0.25, 0.3) is 0 Å². The van der Waals surface area contributed by atoms with Gasteiger partial charge < -0.3 is 19.3 Å². The lowest BCUT2D eigenvalue weighted by Gasteiger charge is -2.17. The molecule has 0 saturated heterocycles. The average Bonchev–Trinajstić information content (AvgIpc) is 2.67. The van der Waals surface area contributed by atoms with E-state index in [1.165, 1.54) is 29.9 Å². The molecular weight excluding hydrogens is 363 g/mol. The van der Waals surface area contributed by atoms with Crippen molar-refractivity contribution in [1.29, 1.82) is 0 Å². The van der Waals surface area contributed by atoms with Gasteiger partial charge in [0.05, 0.1) is 18.5 Å². The van der Waals surface area contributed by atoms with Gasteiger partial charge in [-0.3, -0.25) is 4.79 Å². The summed E-state index contributed by atoms with van der Waals surface area (Å²) in [5.41, 5.74) is 0.998. The largest absolute Gasteiger partial charge is 0.497 e. The maximum Gasteiger partial charge on any atom is 0.341 e.